The zero-order chi connectivity index (χ0) is 13.5. The third kappa shape index (κ3) is 1.94. The summed E-state index contributed by atoms with van der Waals surface area (Å²) in [5, 5.41) is 12.4. The Morgan fingerprint density at radius 2 is 2.32 bits per heavy atom. The molecule has 5 nitrogen and oxygen atoms in total. The van der Waals surface area contributed by atoms with E-state index in [0.29, 0.717) is 26.2 Å². The second-order valence-corrected chi connectivity index (χ2v) is 5.21. The Bertz CT molecular complexity index is 573. The molecule has 0 aliphatic carbocycles. The molecule has 1 N–H and O–H groups in total. The predicted octanol–water partition coefficient (Wildman–Crippen LogP) is 1.16. The van der Waals surface area contributed by atoms with Crippen LogP contribution in [0.25, 0.3) is 0 Å². The Morgan fingerprint density at radius 3 is 2.95 bits per heavy atom. The summed E-state index contributed by atoms with van der Waals surface area (Å²) in [6.45, 7) is 1.55. The van der Waals surface area contributed by atoms with Crippen molar-refractivity contribution in [1.29, 1.82) is 5.26 Å². The van der Waals surface area contributed by atoms with E-state index in [0.717, 1.165) is 16.9 Å². The molecule has 98 valence electrons. The van der Waals surface area contributed by atoms with Gasteiger partial charge < -0.3 is 15.0 Å². The molecule has 1 saturated heterocycles. The minimum Gasteiger partial charge on any atom is -0.383 e. The van der Waals surface area contributed by atoms with Crippen molar-refractivity contribution in [3.8, 4) is 6.07 Å². The first-order valence-electron chi connectivity index (χ1n) is 6.26. The van der Waals surface area contributed by atoms with Gasteiger partial charge in [-0.3, -0.25) is 4.79 Å². The van der Waals surface area contributed by atoms with Crippen LogP contribution in [-0.2, 0) is 16.0 Å². The fourth-order valence-corrected chi connectivity index (χ4v) is 2.41. The average Bonchev–Trinajstić information content (AvgIpc) is 2.64. The molecule has 1 aromatic carbocycles. The number of likely N-dealkylation sites (N-methyl/N-ethyl adjacent to an activating group) is 1. The van der Waals surface area contributed by atoms with Crippen molar-refractivity contribution < 1.29 is 9.53 Å². The number of nitriles is 1. The molecule has 0 unspecified atom stereocenters. The van der Waals surface area contributed by atoms with Gasteiger partial charge in [0, 0.05) is 25.0 Å². The van der Waals surface area contributed by atoms with E-state index in [1.54, 1.807) is 11.9 Å². The zero-order valence-corrected chi connectivity index (χ0v) is 10.8. The minimum atomic E-state index is -0.397. The molecule has 2 aliphatic heterocycles. The molecule has 0 spiro atoms. The quantitative estimate of drug-likeness (QED) is 0.882. The molecule has 5 heteroatoms. The van der Waals surface area contributed by atoms with E-state index in [1.807, 2.05) is 18.2 Å². The molecule has 19 heavy (non-hydrogen) atoms. The van der Waals surface area contributed by atoms with Crippen molar-refractivity contribution in [3.63, 3.8) is 0 Å². The first-order valence-corrected chi connectivity index (χ1v) is 6.26. The Balaban J connectivity index is 1.72. The molecule has 0 bridgehead atoms. The average molecular weight is 257 g/mol. The van der Waals surface area contributed by atoms with Crippen LogP contribution in [-0.4, -0.2) is 32.7 Å². The second-order valence-electron chi connectivity index (χ2n) is 5.21. The van der Waals surface area contributed by atoms with Crippen LogP contribution in [0, 0.1) is 16.7 Å². The van der Waals surface area contributed by atoms with Crippen LogP contribution >= 0.6 is 0 Å². The Morgan fingerprint density at radius 1 is 1.53 bits per heavy atom. The molecule has 0 aromatic heterocycles. The zero-order valence-electron chi connectivity index (χ0n) is 10.8. The topological polar surface area (TPSA) is 65.4 Å². The number of amides is 1. The smallest absolute Gasteiger partial charge is 0.231 e. The Hall–Kier alpha value is -2.06. The van der Waals surface area contributed by atoms with Gasteiger partial charge in [0.2, 0.25) is 5.91 Å². The summed E-state index contributed by atoms with van der Waals surface area (Å²) in [5.41, 5.74) is 2.56. The number of hydrogen-bond donors (Lipinski definition) is 1. The highest BCUT2D eigenvalue weighted by Gasteiger charge is 2.38. The molecule has 1 fully saturated rings. The maximum atomic E-state index is 11.6. The van der Waals surface area contributed by atoms with Gasteiger partial charge in [-0.2, -0.15) is 5.26 Å². The third-order valence-electron chi connectivity index (χ3n) is 3.78. The highest BCUT2D eigenvalue weighted by atomic mass is 16.5. The van der Waals surface area contributed by atoms with Crippen LogP contribution in [0.5, 0.6) is 0 Å². The van der Waals surface area contributed by atoms with Crippen LogP contribution < -0.4 is 10.2 Å². The summed E-state index contributed by atoms with van der Waals surface area (Å²) in [4.78, 5) is 13.3. The van der Waals surface area contributed by atoms with Gasteiger partial charge in [0.1, 0.15) is 5.41 Å². The number of hydrogen-bond acceptors (Lipinski definition) is 4. The molecule has 2 aliphatic rings. The van der Waals surface area contributed by atoms with Gasteiger partial charge in [-0.05, 0) is 23.8 Å². The number of benzene rings is 1. The van der Waals surface area contributed by atoms with Crippen LogP contribution in [0.15, 0.2) is 18.2 Å². The second kappa shape index (κ2) is 4.25. The molecule has 1 amide bonds. The fraction of sp³-hybridized carbons (Fsp3) is 0.429. The fourth-order valence-electron chi connectivity index (χ4n) is 2.41. The molecular weight excluding hydrogens is 242 g/mol. The summed E-state index contributed by atoms with van der Waals surface area (Å²) < 4.78 is 5.11. The number of anilines is 2. The van der Waals surface area contributed by atoms with Crippen molar-refractivity contribution in [3.05, 3.63) is 23.8 Å². The lowest BCUT2D eigenvalue weighted by Crippen LogP contribution is -2.46. The van der Waals surface area contributed by atoms with Crippen LogP contribution in [0.4, 0.5) is 11.4 Å². The summed E-state index contributed by atoms with van der Waals surface area (Å²) in [7, 11) is 1.79. The van der Waals surface area contributed by atoms with Gasteiger partial charge in [-0.15, -0.1) is 0 Å². The van der Waals surface area contributed by atoms with E-state index in [1.165, 1.54) is 0 Å². The summed E-state index contributed by atoms with van der Waals surface area (Å²) >= 11 is 0. The van der Waals surface area contributed by atoms with Crippen molar-refractivity contribution >= 4 is 17.3 Å². The molecule has 0 radical (unpaired) electrons. The van der Waals surface area contributed by atoms with Gasteiger partial charge in [0.15, 0.2) is 0 Å². The van der Waals surface area contributed by atoms with Crippen LogP contribution in [0.3, 0.4) is 0 Å². The van der Waals surface area contributed by atoms with Gasteiger partial charge in [0.25, 0.3) is 0 Å². The van der Waals surface area contributed by atoms with E-state index in [9.17, 15) is 4.79 Å². The SMILES string of the molecule is CN1C(=O)Cc2cc(NCC3(C#N)COC3)ccc21. The Kier molecular flexibility index (Phi) is 2.68. The van der Waals surface area contributed by atoms with Crippen LogP contribution in [0.1, 0.15) is 5.56 Å². The van der Waals surface area contributed by atoms with Gasteiger partial charge in [-0.25, -0.2) is 0 Å². The number of nitrogens with one attached hydrogen (secondary N) is 1. The first kappa shape index (κ1) is 12.0. The Labute approximate surface area is 111 Å². The van der Waals surface area contributed by atoms with Crippen molar-refractivity contribution in [2.24, 2.45) is 5.41 Å². The monoisotopic (exact) mass is 257 g/mol. The van der Waals surface area contributed by atoms with E-state index < -0.39 is 5.41 Å². The minimum absolute atomic E-state index is 0.119. The number of rotatable bonds is 3. The number of carbonyl (C=O) groups excluding carboxylic acids is 1. The van der Waals surface area contributed by atoms with Gasteiger partial charge >= 0.3 is 0 Å². The van der Waals surface area contributed by atoms with E-state index in [4.69, 9.17) is 10.00 Å². The molecule has 3 rings (SSSR count). The van der Waals surface area contributed by atoms with E-state index >= 15 is 0 Å². The normalized spacial score (nSPS) is 19.6. The standard InChI is InChI=1S/C14H15N3O2/c1-17-12-3-2-11(4-10(12)5-13(17)18)16-7-14(6-15)8-19-9-14/h2-4,16H,5,7-9H2,1H3. The van der Waals surface area contributed by atoms with Crippen molar-refractivity contribution in [2.45, 2.75) is 6.42 Å². The molecule has 0 atom stereocenters. The summed E-state index contributed by atoms with van der Waals surface area (Å²) in [6.07, 6.45) is 0.452. The number of fused-ring (bicyclic) bond motifs is 1. The highest BCUT2D eigenvalue weighted by Crippen LogP contribution is 2.31. The number of ether oxygens (including phenoxy) is 1. The largest absolute Gasteiger partial charge is 0.383 e. The van der Waals surface area contributed by atoms with E-state index in [-0.39, 0.29) is 5.91 Å². The van der Waals surface area contributed by atoms with E-state index in [2.05, 4.69) is 11.4 Å². The lowest BCUT2D eigenvalue weighted by molar-refractivity contribution is -0.117. The maximum Gasteiger partial charge on any atom is 0.231 e. The molecular formula is C14H15N3O2. The molecule has 1 aromatic rings. The number of nitrogens with zero attached hydrogens (tertiary/aromatic N) is 2. The summed E-state index contributed by atoms with van der Waals surface area (Å²) in [5.74, 6) is 0.119. The lowest BCUT2D eigenvalue weighted by atomic mass is 9.88. The van der Waals surface area contributed by atoms with Crippen molar-refractivity contribution in [1.82, 2.24) is 0 Å². The van der Waals surface area contributed by atoms with Crippen molar-refractivity contribution in [2.75, 3.05) is 37.0 Å². The first-order chi connectivity index (χ1) is 9.13. The van der Waals surface area contributed by atoms with Gasteiger partial charge in [0.05, 0.1) is 25.7 Å². The number of carbonyl (C=O) groups is 1. The van der Waals surface area contributed by atoms with Crippen LogP contribution in [0.2, 0.25) is 0 Å². The highest BCUT2D eigenvalue weighted by molar-refractivity contribution is 6.01. The third-order valence-corrected chi connectivity index (χ3v) is 3.78. The maximum absolute atomic E-state index is 11.6. The molecule has 2 heterocycles. The lowest BCUT2D eigenvalue weighted by Gasteiger charge is -2.35. The predicted molar refractivity (Wildman–Crippen MR) is 70.9 cm³/mol. The molecule has 0 saturated carbocycles. The summed E-state index contributed by atoms with van der Waals surface area (Å²) in [6, 6.07) is 8.18. The van der Waals surface area contributed by atoms with Gasteiger partial charge in [-0.1, -0.05) is 0 Å².